The van der Waals surface area contributed by atoms with Crippen molar-refractivity contribution >= 4 is 29.1 Å². The lowest BCUT2D eigenvalue weighted by molar-refractivity contribution is 0.502. The fourth-order valence-corrected chi connectivity index (χ4v) is 2.75. The number of rotatable bonds is 2. The first-order valence-electron chi connectivity index (χ1n) is 5.50. The van der Waals surface area contributed by atoms with E-state index >= 15 is 0 Å². The summed E-state index contributed by atoms with van der Waals surface area (Å²) in [4.78, 5) is 0. The molecule has 2 atom stereocenters. The topological polar surface area (TPSA) is 37.8 Å². The Labute approximate surface area is 99.6 Å². The molecule has 1 heterocycles. The lowest BCUT2D eigenvalue weighted by atomic mass is 10.0. The van der Waals surface area contributed by atoms with Crippen LogP contribution in [0.15, 0.2) is 0 Å². The van der Waals surface area contributed by atoms with Gasteiger partial charge in [-0.2, -0.15) is 8.75 Å². The second kappa shape index (κ2) is 5.12. The minimum absolute atomic E-state index is 0.511. The molecule has 0 amide bonds. The highest BCUT2D eigenvalue weighted by atomic mass is 35.5. The Morgan fingerprint density at radius 1 is 1.27 bits per heavy atom. The van der Waals surface area contributed by atoms with Crippen molar-refractivity contribution in [2.24, 2.45) is 5.92 Å². The van der Waals surface area contributed by atoms with Crippen LogP contribution in [0.4, 0.5) is 5.82 Å². The maximum atomic E-state index is 5.90. The lowest BCUT2D eigenvalue weighted by Crippen LogP contribution is -2.18. The van der Waals surface area contributed by atoms with Gasteiger partial charge in [0.05, 0.1) is 11.7 Å². The molecule has 0 aromatic carbocycles. The highest BCUT2D eigenvalue weighted by Gasteiger charge is 2.17. The fraction of sp³-hybridized carbons (Fsp3) is 0.800. The molecule has 2 unspecified atom stereocenters. The smallest absolute Gasteiger partial charge is 0.186 e. The van der Waals surface area contributed by atoms with E-state index < -0.39 is 0 Å². The number of anilines is 1. The Hall–Kier alpha value is -0.350. The van der Waals surface area contributed by atoms with Crippen LogP contribution >= 0.6 is 23.3 Å². The van der Waals surface area contributed by atoms with Crippen LogP contribution < -0.4 is 5.32 Å². The number of hydrogen-bond acceptors (Lipinski definition) is 4. The number of hydrogen-bond donors (Lipinski definition) is 1. The van der Waals surface area contributed by atoms with Crippen molar-refractivity contribution in [3.8, 4) is 0 Å². The maximum absolute atomic E-state index is 5.90. The van der Waals surface area contributed by atoms with E-state index in [-0.39, 0.29) is 0 Å². The molecule has 1 aliphatic rings. The number of nitrogens with one attached hydrogen (secondary N) is 1. The molecule has 5 heteroatoms. The zero-order valence-corrected chi connectivity index (χ0v) is 10.4. The molecule has 0 bridgehead atoms. The van der Waals surface area contributed by atoms with Gasteiger partial charge in [-0.15, -0.1) is 0 Å². The van der Waals surface area contributed by atoms with E-state index in [9.17, 15) is 0 Å². The minimum atomic E-state index is 0.511. The monoisotopic (exact) mass is 245 g/mol. The highest BCUT2D eigenvalue weighted by molar-refractivity contribution is 6.99. The zero-order valence-electron chi connectivity index (χ0n) is 8.87. The van der Waals surface area contributed by atoms with Crippen LogP contribution in [0.2, 0.25) is 5.15 Å². The summed E-state index contributed by atoms with van der Waals surface area (Å²) in [6.45, 7) is 2.33. The highest BCUT2D eigenvalue weighted by Crippen LogP contribution is 2.26. The van der Waals surface area contributed by atoms with E-state index in [0.717, 1.165) is 11.7 Å². The third kappa shape index (κ3) is 3.05. The second-order valence-electron chi connectivity index (χ2n) is 4.36. The van der Waals surface area contributed by atoms with Gasteiger partial charge < -0.3 is 5.32 Å². The van der Waals surface area contributed by atoms with Crippen LogP contribution in [0.25, 0.3) is 0 Å². The quantitative estimate of drug-likeness (QED) is 0.810. The van der Waals surface area contributed by atoms with Gasteiger partial charge in [-0.05, 0) is 25.2 Å². The number of halogens is 1. The van der Waals surface area contributed by atoms with Gasteiger partial charge in [-0.3, -0.25) is 0 Å². The Morgan fingerprint density at radius 3 is 2.87 bits per heavy atom. The molecule has 84 valence electrons. The van der Waals surface area contributed by atoms with Gasteiger partial charge in [-0.1, -0.05) is 31.4 Å². The summed E-state index contributed by atoms with van der Waals surface area (Å²) in [5, 5.41) is 3.91. The van der Waals surface area contributed by atoms with Gasteiger partial charge in [0, 0.05) is 6.04 Å². The lowest BCUT2D eigenvalue weighted by Gasteiger charge is -2.15. The summed E-state index contributed by atoms with van der Waals surface area (Å²) in [5.41, 5.74) is 0. The average molecular weight is 246 g/mol. The molecule has 1 aromatic heterocycles. The molecule has 1 aliphatic carbocycles. The van der Waals surface area contributed by atoms with E-state index in [4.69, 9.17) is 11.6 Å². The zero-order chi connectivity index (χ0) is 10.7. The van der Waals surface area contributed by atoms with Gasteiger partial charge >= 0.3 is 0 Å². The molecule has 0 aliphatic heterocycles. The molecule has 0 radical (unpaired) electrons. The van der Waals surface area contributed by atoms with Gasteiger partial charge in [0.1, 0.15) is 0 Å². The Balaban J connectivity index is 1.92. The third-order valence-electron chi connectivity index (χ3n) is 3.05. The largest absolute Gasteiger partial charge is 0.364 e. The van der Waals surface area contributed by atoms with E-state index in [0.29, 0.717) is 11.2 Å². The normalized spacial score (nSPS) is 27.3. The molecule has 1 saturated carbocycles. The van der Waals surface area contributed by atoms with Crippen LogP contribution in [-0.2, 0) is 0 Å². The third-order valence-corrected chi connectivity index (χ3v) is 3.94. The Morgan fingerprint density at radius 2 is 2.13 bits per heavy atom. The predicted molar refractivity (Wildman–Crippen MR) is 64.6 cm³/mol. The molecule has 2 rings (SSSR count). The second-order valence-corrected chi connectivity index (χ2v) is 5.24. The van der Waals surface area contributed by atoms with Crippen LogP contribution in [0.5, 0.6) is 0 Å². The van der Waals surface area contributed by atoms with Crippen molar-refractivity contribution in [1.29, 1.82) is 0 Å². The standard InChI is InChI=1S/C10H16ClN3S/c1-7-3-2-4-8(6-5-7)12-10-9(11)13-15-14-10/h7-8H,2-6H2,1H3,(H,12,14). The summed E-state index contributed by atoms with van der Waals surface area (Å²) >= 11 is 7.07. The van der Waals surface area contributed by atoms with Gasteiger partial charge in [0.25, 0.3) is 0 Å². The van der Waals surface area contributed by atoms with Crippen molar-refractivity contribution in [3.05, 3.63) is 5.15 Å². The summed E-state index contributed by atoms with van der Waals surface area (Å²) in [7, 11) is 0. The van der Waals surface area contributed by atoms with Gasteiger partial charge in [0.15, 0.2) is 11.0 Å². The van der Waals surface area contributed by atoms with Crippen LogP contribution in [0.1, 0.15) is 39.0 Å². The Kier molecular flexibility index (Phi) is 3.81. The van der Waals surface area contributed by atoms with Crippen molar-refractivity contribution < 1.29 is 0 Å². The molecule has 0 saturated heterocycles. The fourth-order valence-electron chi connectivity index (χ4n) is 2.09. The van der Waals surface area contributed by atoms with Crippen LogP contribution in [0.3, 0.4) is 0 Å². The van der Waals surface area contributed by atoms with Crippen molar-refractivity contribution in [1.82, 2.24) is 8.75 Å². The van der Waals surface area contributed by atoms with Crippen LogP contribution in [0, 0.1) is 5.92 Å². The van der Waals surface area contributed by atoms with E-state index in [1.807, 2.05) is 0 Å². The van der Waals surface area contributed by atoms with E-state index in [1.54, 1.807) is 0 Å². The first-order valence-corrected chi connectivity index (χ1v) is 6.61. The number of nitrogens with zero attached hydrogens (tertiary/aromatic N) is 2. The van der Waals surface area contributed by atoms with Crippen molar-refractivity contribution in [2.45, 2.75) is 45.1 Å². The molecule has 1 aromatic rings. The summed E-state index contributed by atoms with van der Waals surface area (Å²) < 4.78 is 8.10. The molecule has 0 spiro atoms. The molecular formula is C10H16ClN3S. The van der Waals surface area contributed by atoms with E-state index in [1.165, 1.54) is 43.8 Å². The average Bonchev–Trinajstić information content (AvgIpc) is 2.48. The predicted octanol–water partition coefficient (Wildman–Crippen LogP) is 3.57. The van der Waals surface area contributed by atoms with Crippen molar-refractivity contribution in [2.75, 3.05) is 5.32 Å². The van der Waals surface area contributed by atoms with Gasteiger partial charge in [-0.25, -0.2) is 0 Å². The molecule has 1 fully saturated rings. The van der Waals surface area contributed by atoms with E-state index in [2.05, 4.69) is 21.0 Å². The summed E-state index contributed by atoms with van der Waals surface area (Å²) in [6, 6.07) is 0.524. The van der Waals surface area contributed by atoms with Crippen LogP contribution in [-0.4, -0.2) is 14.8 Å². The maximum Gasteiger partial charge on any atom is 0.186 e. The molecular weight excluding hydrogens is 230 g/mol. The first-order chi connectivity index (χ1) is 7.25. The first kappa shape index (κ1) is 11.1. The summed E-state index contributed by atoms with van der Waals surface area (Å²) in [6.07, 6.45) is 6.38. The molecule has 3 nitrogen and oxygen atoms in total. The SMILES string of the molecule is CC1CCCC(Nc2nsnc2Cl)CC1. The summed E-state index contributed by atoms with van der Waals surface area (Å²) in [5.74, 6) is 1.63. The molecule has 1 N–H and O–H groups in total. The van der Waals surface area contributed by atoms with Crippen molar-refractivity contribution in [3.63, 3.8) is 0 Å². The number of aromatic nitrogens is 2. The minimum Gasteiger partial charge on any atom is -0.364 e. The van der Waals surface area contributed by atoms with Gasteiger partial charge in [0.2, 0.25) is 0 Å². The molecule has 15 heavy (non-hydrogen) atoms. The Bertz CT molecular complexity index is 315.